The van der Waals surface area contributed by atoms with Crippen LogP contribution in [-0.4, -0.2) is 83.2 Å². The number of hydrogen-bond donors (Lipinski definition) is 0. The molecule has 182 valence electrons. The van der Waals surface area contributed by atoms with Gasteiger partial charge < -0.3 is 23.8 Å². The normalized spacial score (nSPS) is 20.0. The monoisotopic (exact) mass is 464 g/mol. The van der Waals surface area contributed by atoms with Gasteiger partial charge in [-0.15, -0.1) is 0 Å². The largest absolute Gasteiger partial charge is 0.489 e. The van der Waals surface area contributed by atoms with Crippen molar-refractivity contribution in [2.24, 2.45) is 0 Å². The molecule has 0 N–H and O–H groups in total. The third-order valence-electron chi connectivity index (χ3n) is 6.74. The van der Waals surface area contributed by atoms with E-state index in [1.165, 1.54) is 4.90 Å². The highest BCUT2D eigenvalue weighted by Crippen LogP contribution is 2.30. The fourth-order valence-electron chi connectivity index (χ4n) is 4.68. The van der Waals surface area contributed by atoms with Crippen molar-refractivity contribution in [3.05, 3.63) is 24.0 Å². The van der Waals surface area contributed by atoms with Gasteiger partial charge in [0.2, 0.25) is 0 Å². The maximum atomic E-state index is 13.6. The van der Waals surface area contributed by atoms with Crippen LogP contribution in [0.1, 0.15) is 50.0 Å². The Morgan fingerprint density at radius 2 is 1.88 bits per heavy atom. The van der Waals surface area contributed by atoms with E-state index in [1.54, 1.807) is 19.4 Å². The van der Waals surface area contributed by atoms with E-state index in [0.29, 0.717) is 36.3 Å². The van der Waals surface area contributed by atoms with Crippen molar-refractivity contribution in [1.29, 1.82) is 0 Å². The lowest BCUT2D eigenvalue weighted by atomic mass is 10.1. The molecule has 7 nitrogen and oxygen atoms in total. The number of carbonyl (C=O) groups excluding carboxylic acids is 1. The van der Waals surface area contributed by atoms with Crippen LogP contribution in [0.3, 0.4) is 0 Å². The van der Waals surface area contributed by atoms with Gasteiger partial charge in [-0.05, 0) is 38.8 Å². The molecular weight excluding hydrogens is 430 g/mol. The van der Waals surface area contributed by atoms with Gasteiger partial charge in [0.25, 0.3) is 11.8 Å². The minimum absolute atomic E-state index is 0.0501. The molecule has 2 aliphatic rings. The maximum absolute atomic E-state index is 13.6. The van der Waals surface area contributed by atoms with Crippen LogP contribution >= 0.6 is 0 Å². The molecular formula is C24H34F2N4O3. The molecule has 2 fully saturated rings. The Kier molecular flexibility index (Phi) is 7.19. The Balaban J connectivity index is 1.53. The Morgan fingerprint density at radius 1 is 1.18 bits per heavy atom. The molecule has 0 aromatic carbocycles. The van der Waals surface area contributed by atoms with Crippen molar-refractivity contribution in [2.45, 2.75) is 64.1 Å². The molecule has 2 aliphatic heterocycles. The van der Waals surface area contributed by atoms with Gasteiger partial charge in [-0.3, -0.25) is 4.79 Å². The fraction of sp³-hybridized carbons (Fsp3) is 0.667. The fourth-order valence-corrected chi connectivity index (χ4v) is 4.68. The van der Waals surface area contributed by atoms with E-state index in [0.717, 1.165) is 31.3 Å². The summed E-state index contributed by atoms with van der Waals surface area (Å²) in [6.45, 7) is 7.41. The molecule has 0 radical (unpaired) electrons. The molecule has 9 heteroatoms. The molecule has 0 saturated carbocycles. The van der Waals surface area contributed by atoms with Gasteiger partial charge in [-0.2, -0.15) is 0 Å². The number of carbonyl (C=O) groups is 1. The number of rotatable bonds is 7. The zero-order valence-electron chi connectivity index (χ0n) is 19.7. The second kappa shape index (κ2) is 9.93. The van der Waals surface area contributed by atoms with Crippen molar-refractivity contribution in [3.8, 4) is 5.75 Å². The van der Waals surface area contributed by atoms with Crippen LogP contribution in [0.5, 0.6) is 5.75 Å². The lowest BCUT2D eigenvalue weighted by molar-refractivity contribution is -0.0495. The predicted octanol–water partition coefficient (Wildman–Crippen LogP) is 3.81. The van der Waals surface area contributed by atoms with E-state index >= 15 is 0 Å². The van der Waals surface area contributed by atoms with E-state index in [-0.39, 0.29) is 37.9 Å². The number of pyridine rings is 1. The smallest absolute Gasteiger partial charge is 0.270 e. The molecule has 0 aliphatic carbocycles. The van der Waals surface area contributed by atoms with Crippen molar-refractivity contribution in [1.82, 2.24) is 19.4 Å². The highest BCUT2D eigenvalue weighted by Gasteiger charge is 2.36. The summed E-state index contributed by atoms with van der Waals surface area (Å²) >= 11 is 0. The zero-order valence-corrected chi connectivity index (χ0v) is 19.7. The number of amides is 1. The molecule has 0 spiro atoms. The number of piperidine rings is 2. The van der Waals surface area contributed by atoms with Gasteiger partial charge in [-0.25, -0.2) is 13.8 Å². The Morgan fingerprint density at radius 3 is 2.52 bits per heavy atom. The summed E-state index contributed by atoms with van der Waals surface area (Å²) in [5, 5.41) is 0.800. The van der Waals surface area contributed by atoms with Gasteiger partial charge in [0, 0.05) is 64.1 Å². The summed E-state index contributed by atoms with van der Waals surface area (Å²) in [4.78, 5) is 21.8. The van der Waals surface area contributed by atoms with Crippen LogP contribution in [0, 0.1) is 0 Å². The SMILES string of the molecule is COCCn1c(C(=O)N2CCC(F)(F)CC2)cc2cc(OC3CCN(C(C)C)CC3)cnc21. The lowest BCUT2D eigenvalue weighted by Crippen LogP contribution is -2.43. The van der Waals surface area contributed by atoms with Gasteiger partial charge >= 0.3 is 0 Å². The number of fused-ring (bicyclic) bond motifs is 1. The summed E-state index contributed by atoms with van der Waals surface area (Å²) in [7, 11) is 1.60. The molecule has 2 aromatic heterocycles. The highest BCUT2D eigenvalue weighted by molar-refractivity contribution is 5.98. The average Bonchev–Trinajstić information content (AvgIpc) is 3.15. The summed E-state index contributed by atoms with van der Waals surface area (Å²) in [5.74, 6) is -2.26. The van der Waals surface area contributed by atoms with Crippen LogP contribution < -0.4 is 4.74 Å². The Labute approximate surface area is 193 Å². The average molecular weight is 465 g/mol. The van der Waals surface area contributed by atoms with Crippen LogP contribution in [0.15, 0.2) is 18.3 Å². The Bertz CT molecular complexity index is 960. The first-order valence-electron chi connectivity index (χ1n) is 11.8. The molecule has 2 aromatic rings. The zero-order chi connectivity index (χ0) is 23.6. The minimum Gasteiger partial charge on any atom is -0.489 e. The number of nitrogens with zero attached hydrogens (tertiary/aromatic N) is 4. The van der Waals surface area contributed by atoms with Gasteiger partial charge in [-0.1, -0.05) is 0 Å². The summed E-state index contributed by atoms with van der Waals surface area (Å²) < 4.78 is 40.4. The lowest BCUT2D eigenvalue weighted by Gasteiger charge is -2.34. The molecule has 0 atom stereocenters. The molecule has 1 amide bonds. The van der Waals surface area contributed by atoms with Crippen molar-refractivity contribution < 1.29 is 23.0 Å². The van der Waals surface area contributed by atoms with Gasteiger partial charge in [0.15, 0.2) is 0 Å². The first kappa shape index (κ1) is 23.9. The standard InChI is InChI=1S/C24H34F2N4O3/c1-17(2)28-8-4-19(5-9-28)33-20-14-18-15-21(30(12-13-32-3)22(18)27-16-20)23(31)29-10-6-24(25,26)7-11-29/h14-17,19H,4-13H2,1-3H3. The number of aromatic nitrogens is 2. The minimum atomic E-state index is -2.70. The van der Waals surface area contributed by atoms with Crippen molar-refractivity contribution in [2.75, 3.05) is 39.9 Å². The number of hydrogen-bond acceptors (Lipinski definition) is 5. The van der Waals surface area contributed by atoms with E-state index in [9.17, 15) is 13.6 Å². The van der Waals surface area contributed by atoms with Crippen LogP contribution in [0.25, 0.3) is 11.0 Å². The van der Waals surface area contributed by atoms with Gasteiger partial charge in [0.05, 0.1) is 12.8 Å². The molecule has 33 heavy (non-hydrogen) atoms. The van der Waals surface area contributed by atoms with Crippen molar-refractivity contribution in [3.63, 3.8) is 0 Å². The number of ether oxygens (including phenoxy) is 2. The number of alkyl halides is 2. The molecule has 0 bridgehead atoms. The second-order valence-electron chi connectivity index (χ2n) is 9.35. The number of likely N-dealkylation sites (tertiary alicyclic amines) is 2. The first-order valence-corrected chi connectivity index (χ1v) is 11.8. The third-order valence-corrected chi connectivity index (χ3v) is 6.74. The van der Waals surface area contributed by atoms with E-state index < -0.39 is 5.92 Å². The molecule has 2 saturated heterocycles. The number of halogens is 2. The van der Waals surface area contributed by atoms with Crippen LogP contribution in [0.4, 0.5) is 8.78 Å². The van der Waals surface area contributed by atoms with Crippen LogP contribution in [0.2, 0.25) is 0 Å². The first-order chi connectivity index (χ1) is 15.8. The molecule has 0 unspecified atom stereocenters. The summed E-state index contributed by atoms with van der Waals surface area (Å²) in [6.07, 6.45) is 3.18. The van der Waals surface area contributed by atoms with E-state index in [4.69, 9.17) is 9.47 Å². The van der Waals surface area contributed by atoms with Crippen LogP contribution in [-0.2, 0) is 11.3 Å². The Hall–Kier alpha value is -2.26. The van der Waals surface area contributed by atoms with Gasteiger partial charge in [0.1, 0.15) is 23.2 Å². The van der Waals surface area contributed by atoms with Crippen molar-refractivity contribution >= 4 is 16.9 Å². The quantitative estimate of drug-likeness (QED) is 0.624. The molecule has 4 rings (SSSR count). The highest BCUT2D eigenvalue weighted by atomic mass is 19.3. The topological polar surface area (TPSA) is 59.8 Å². The summed E-state index contributed by atoms with van der Waals surface area (Å²) in [6, 6.07) is 4.25. The summed E-state index contributed by atoms with van der Waals surface area (Å²) in [5.41, 5.74) is 1.11. The van der Waals surface area contributed by atoms with E-state index in [2.05, 4.69) is 23.7 Å². The third kappa shape index (κ3) is 5.46. The molecule has 4 heterocycles. The van der Waals surface area contributed by atoms with E-state index in [1.807, 2.05) is 10.6 Å². The second-order valence-corrected chi connectivity index (χ2v) is 9.35. The predicted molar refractivity (Wildman–Crippen MR) is 122 cm³/mol. The number of methoxy groups -OCH3 is 1. The maximum Gasteiger partial charge on any atom is 0.270 e.